The molecule has 21 heavy (non-hydrogen) atoms. The Labute approximate surface area is 129 Å². The highest BCUT2D eigenvalue weighted by Gasteiger charge is 2.25. The Bertz CT molecular complexity index is 365. The molecule has 0 heterocycles. The number of aliphatic carboxylic acids is 1. The second kappa shape index (κ2) is 10.4. The first-order valence-corrected chi connectivity index (χ1v) is 8.27. The van der Waals surface area contributed by atoms with Gasteiger partial charge in [-0.2, -0.15) is 11.8 Å². The van der Waals surface area contributed by atoms with Crippen LogP contribution in [0.25, 0.3) is 0 Å². The largest absolute Gasteiger partial charge is 0.480 e. The Kier molecular flexibility index (Phi) is 9.81. The van der Waals surface area contributed by atoms with E-state index >= 15 is 0 Å². The van der Waals surface area contributed by atoms with Crippen molar-refractivity contribution in [3.63, 3.8) is 0 Å². The van der Waals surface area contributed by atoms with Gasteiger partial charge >= 0.3 is 5.97 Å². The number of amides is 2. The quantitative estimate of drug-likeness (QED) is 0.442. The number of hydrogen-bond donors (Lipinski definition) is 4. The molecule has 8 heteroatoms. The van der Waals surface area contributed by atoms with Crippen LogP contribution in [-0.4, -0.2) is 53.5 Å². The maximum absolute atomic E-state index is 12.0. The summed E-state index contributed by atoms with van der Waals surface area (Å²) in [6, 6.07) is -1.45. The van der Waals surface area contributed by atoms with E-state index in [0.29, 0.717) is 12.2 Å². The molecule has 0 spiro atoms. The molecule has 0 radical (unpaired) electrons. The Morgan fingerprint density at radius 1 is 1.29 bits per heavy atom. The zero-order valence-electron chi connectivity index (χ0n) is 12.7. The van der Waals surface area contributed by atoms with Crippen LogP contribution >= 0.6 is 11.8 Å². The number of carbonyl (C=O) groups is 3. The van der Waals surface area contributed by atoms with Crippen molar-refractivity contribution in [3.8, 4) is 0 Å². The van der Waals surface area contributed by atoms with E-state index in [2.05, 4.69) is 10.6 Å². The molecule has 7 nitrogen and oxygen atoms in total. The van der Waals surface area contributed by atoms with Gasteiger partial charge in [-0.05, 0) is 24.3 Å². The van der Waals surface area contributed by atoms with Crippen molar-refractivity contribution in [2.75, 3.05) is 18.6 Å². The van der Waals surface area contributed by atoms with Crippen LogP contribution < -0.4 is 16.4 Å². The van der Waals surface area contributed by atoms with Gasteiger partial charge in [-0.15, -0.1) is 0 Å². The van der Waals surface area contributed by atoms with Crippen LogP contribution in [-0.2, 0) is 14.4 Å². The van der Waals surface area contributed by atoms with Crippen molar-refractivity contribution in [3.05, 3.63) is 0 Å². The molecule has 0 aliphatic heterocycles. The molecular weight excluding hydrogens is 294 g/mol. The van der Waals surface area contributed by atoms with Gasteiger partial charge < -0.3 is 21.5 Å². The van der Waals surface area contributed by atoms with Crippen molar-refractivity contribution in [1.29, 1.82) is 0 Å². The summed E-state index contributed by atoms with van der Waals surface area (Å²) in [5, 5.41) is 13.5. The first-order valence-electron chi connectivity index (χ1n) is 6.87. The predicted molar refractivity (Wildman–Crippen MR) is 83.0 cm³/mol. The van der Waals surface area contributed by atoms with Gasteiger partial charge in [-0.25, -0.2) is 0 Å². The lowest BCUT2D eigenvalue weighted by Crippen LogP contribution is -2.53. The van der Waals surface area contributed by atoms with Gasteiger partial charge in [0, 0.05) is 0 Å². The summed E-state index contributed by atoms with van der Waals surface area (Å²) < 4.78 is 0. The normalized spacial score (nSPS) is 14.9. The molecule has 0 fully saturated rings. The highest BCUT2D eigenvalue weighted by atomic mass is 32.2. The van der Waals surface area contributed by atoms with E-state index in [-0.39, 0.29) is 11.8 Å². The lowest BCUT2D eigenvalue weighted by atomic mass is 9.99. The summed E-state index contributed by atoms with van der Waals surface area (Å²) in [5.41, 5.74) is 5.83. The number of carboxylic acid groups (broad SMARTS) is 1. The number of thioether (sulfide) groups is 1. The Morgan fingerprint density at radius 2 is 1.90 bits per heavy atom. The van der Waals surface area contributed by atoms with Crippen molar-refractivity contribution in [2.24, 2.45) is 11.7 Å². The van der Waals surface area contributed by atoms with Crippen LogP contribution in [0.1, 0.15) is 26.7 Å². The molecule has 5 N–H and O–H groups in total. The smallest absolute Gasteiger partial charge is 0.322 e. The second-order valence-electron chi connectivity index (χ2n) is 4.87. The Morgan fingerprint density at radius 3 is 2.38 bits per heavy atom. The molecule has 0 rings (SSSR count). The fourth-order valence-corrected chi connectivity index (χ4v) is 2.04. The summed E-state index contributed by atoms with van der Waals surface area (Å²) in [6.07, 6.45) is 3.07. The standard InChI is InChI=1S/C13H25N3O4S/c1-4-8(2)11(14)13(20)16-9(5-6-21-3)12(19)15-7-10(17)18/h8-9,11H,4-7,14H2,1-3H3,(H,15,19)(H,16,20)(H,17,18)/t8-,9-,11-/m0/s1. The van der Waals surface area contributed by atoms with Gasteiger partial charge in [0.05, 0.1) is 6.04 Å². The number of carboxylic acids is 1. The third-order valence-electron chi connectivity index (χ3n) is 3.22. The van der Waals surface area contributed by atoms with E-state index in [0.717, 1.165) is 6.42 Å². The molecule has 0 unspecified atom stereocenters. The van der Waals surface area contributed by atoms with Crippen molar-refractivity contribution < 1.29 is 19.5 Å². The van der Waals surface area contributed by atoms with Gasteiger partial charge in [0.15, 0.2) is 0 Å². The molecule has 0 aromatic heterocycles. The predicted octanol–water partition coefficient (Wildman–Crippen LogP) is -0.201. The van der Waals surface area contributed by atoms with Crippen molar-refractivity contribution >= 4 is 29.5 Å². The summed E-state index contributed by atoms with van der Waals surface area (Å²) in [4.78, 5) is 34.4. The lowest BCUT2D eigenvalue weighted by Gasteiger charge is -2.22. The molecule has 122 valence electrons. The average Bonchev–Trinajstić information content (AvgIpc) is 2.46. The van der Waals surface area contributed by atoms with Gasteiger partial charge in [0.25, 0.3) is 0 Å². The molecule has 0 saturated carbocycles. The molecule has 0 aliphatic carbocycles. The molecule has 0 bridgehead atoms. The highest BCUT2D eigenvalue weighted by molar-refractivity contribution is 7.98. The molecule has 3 atom stereocenters. The van der Waals surface area contributed by atoms with Gasteiger partial charge in [0.1, 0.15) is 12.6 Å². The van der Waals surface area contributed by atoms with Crippen molar-refractivity contribution in [2.45, 2.75) is 38.8 Å². The topological polar surface area (TPSA) is 122 Å². The van der Waals surface area contributed by atoms with Gasteiger partial charge in [-0.1, -0.05) is 20.3 Å². The number of rotatable bonds is 10. The third-order valence-corrected chi connectivity index (χ3v) is 3.86. The van der Waals surface area contributed by atoms with E-state index in [1.165, 1.54) is 11.8 Å². The minimum Gasteiger partial charge on any atom is -0.480 e. The van der Waals surface area contributed by atoms with Crippen LogP contribution in [0.15, 0.2) is 0 Å². The van der Waals surface area contributed by atoms with Crippen LogP contribution in [0.3, 0.4) is 0 Å². The second-order valence-corrected chi connectivity index (χ2v) is 5.85. The Hall–Kier alpha value is -1.28. The molecule has 0 aromatic rings. The molecular formula is C13H25N3O4S. The first kappa shape index (κ1) is 19.7. The summed E-state index contributed by atoms with van der Waals surface area (Å²) >= 11 is 1.54. The maximum Gasteiger partial charge on any atom is 0.322 e. The van der Waals surface area contributed by atoms with Crippen molar-refractivity contribution in [1.82, 2.24) is 10.6 Å². The minimum absolute atomic E-state index is 0.00767. The fourth-order valence-electron chi connectivity index (χ4n) is 1.57. The van der Waals surface area contributed by atoms with E-state index < -0.39 is 30.5 Å². The molecule has 0 aliphatic rings. The van der Waals surface area contributed by atoms with Crippen LogP contribution in [0.2, 0.25) is 0 Å². The number of nitrogens with one attached hydrogen (secondary N) is 2. The van der Waals surface area contributed by atoms with Crippen LogP contribution in [0.5, 0.6) is 0 Å². The first-order chi connectivity index (χ1) is 9.83. The third kappa shape index (κ3) is 7.91. The zero-order valence-corrected chi connectivity index (χ0v) is 13.5. The fraction of sp³-hybridized carbons (Fsp3) is 0.769. The van der Waals surface area contributed by atoms with Gasteiger partial charge in [-0.3, -0.25) is 14.4 Å². The highest BCUT2D eigenvalue weighted by Crippen LogP contribution is 2.07. The van der Waals surface area contributed by atoms with E-state index in [1.54, 1.807) is 0 Å². The monoisotopic (exact) mass is 319 g/mol. The molecule has 0 saturated heterocycles. The van der Waals surface area contributed by atoms with Gasteiger partial charge in [0.2, 0.25) is 11.8 Å². The number of carbonyl (C=O) groups excluding carboxylic acids is 2. The SMILES string of the molecule is CC[C@H](C)[C@H](N)C(=O)N[C@@H](CCSC)C(=O)NCC(=O)O. The molecule has 0 aromatic carbocycles. The van der Waals surface area contributed by atoms with E-state index in [1.807, 2.05) is 20.1 Å². The summed E-state index contributed by atoms with van der Waals surface area (Å²) in [5.74, 6) is -1.34. The van der Waals surface area contributed by atoms with Crippen LogP contribution in [0, 0.1) is 5.92 Å². The number of hydrogen-bond acceptors (Lipinski definition) is 5. The summed E-state index contributed by atoms with van der Waals surface area (Å²) in [6.45, 7) is 3.33. The zero-order chi connectivity index (χ0) is 16.4. The number of nitrogens with two attached hydrogens (primary N) is 1. The minimum atomic E-state index is -1.13. The van der Waals surface area contributed by atoms with E-state index in [9.17, 15) is 14.4 Å². The van der Waals surface area contributed by atoms with Crippen LogP contribution in [0.4, 0.5) is 0 Å². The maximum atomic E-state index is 12.0. The van der Waals surface area contributed by atoms with E-state index in [4.69, 9.17) is 10.8 Å². The Balaban J connectivity index is 4.63. The average molecular weight is 319 g/mol. The molecule has 2 amide bonds. The summed E-state index contributed by atoms with van der Waals surface area (Å²) in [7, 11) is 0. The lowest BCUT2D eigenvalue weighted by molar-refractivity contribution is -0.138.